The number of aliphatic carboxylic acids is 1. The van der Waals surface area contributed by atoms with Crippen LogP contribution in [0.2, 0.25) is 0 Å². The van der Waals surface area contributed by atoms with Crippen LogP contribution in [-0.2, 0) is 17.8 Å². The SMILES string of the molecule is Cc1noc(C)c1Cn1cc(CCCCC(=O)O)nn1. The van der Waals surface area contributed by atoms with Gasteiger partial charge in [-0.3, -0.25) is 4.79 Å². The van der Waals surface area contributed by atoms with E-state index in [1.165, 1.54) is 0 Å². The van der Waals surface area contributed by atoms with Crippen LogP contribution in [0.3, 0.4) is 0 Å². The zero-order valence-corrected chi connectivity index (χ0v) is 11.7. The maximum absolute atomic E-state index is 10.4. The van der Waals surface area contributed by atoms with E-state index in [0.29, 0.717) is 13.0 Å². The molecule has 0 saturated carbocycles. The Morgan fingerprint density at radius 2 is 2.20 bits per heavy atom. The molecule has 20 heavy (non-hydrogen) atoms. The quantitative estimate of drug-likeness (QED) is 0.775. The fraction of sp³-hybridized carbons (Fsp3) is 0.538. The lowest BCUT2D eigenvalue weighted by molar-refractivity contribution is -0.137. The lowest BCUT2D eigenvalue weighted by Gasteiger charge is -1.98. The minimum Gasteiger partial charge on any atom is -0.481 e. The Bertz CT molecular complexity index is 569. The summed E-state index contributed by atoms with van der Waals surface area (Å²) in [6.45, 7) is 4.36. The summed E-state index contributed by atoms with van der Waals surface area (Å²) >= 11 is 0. The maximum Gasteiger partial charge on any atom is 0.303 e. The van der Waals surface area contributed by atoms with Gasteiger partial charge in [-0.1, -0.05) is 10.4 Å². The third kappa shape index (κ3) is 3.66. The number of rotatable bonds is 7. The molecule has 0 bridgehead atoms. The monoisotopic (exact) mass is 278 g/mol. The molecule has 0 atom stereocenters. The second-order valence-electron chi connectivity index (χ2n) is 4.81. The van der Waals surface area contributed by atoms with Gasteiger partial charge >= 0.3 is 5.97 Å². The molecule has 0 radical (unpaired) electrons. The van der Waals surface area contributed by atoms with Gasteiger partial charge in [0.25, 0.3) is 0 Å². The van der Waals surface area contributed by atoms with E-state index >= 15 is 0 Å². The fourth-order valence-electron chi connectivity index (χ4n) is 2.00. The average molecular weight is 278 g/mol. The van der Waals surface area contributed by atoms with Crippen molar-refractivity contribution >= 4 is 5.97 Å². The van der Waals surface area contributed by atoms with Crippen molar-refractivity contribution in [3.63, 3.8) is 0 Å². The molecule has 0 amide bonds. The molecule has 2 heterocycles. The van der Waals surface area contributed by atoms with Crippen LogP contribution >= 0.6 is 0 Å². The predicted molar refractivity (Wildman–Crippen MR) is 70.3 cm³/mol. The fourth-order valence-corrected chi connectivity index (χ4v) is 2.00. The standard InChI is InChI=1S/C13H18N4O3/c1-9-12(10(2)20-15-9)8-17-7-11(14-16-17)5-3-4-6-13(18)19/h7H,3-6,8H2,1-2H3,(H,18,19). The highest BCUT2D eigenvalue weighted by Crippen LogP contribution is 2.13. The Hall–Kier alpha value is -2.18. The van der Waals surface area contributed by atoms with Gasteiger partial charge in [-0.05, 0) is 33.1 Å². The maximum atomic E-state index is 10.4. The van der Waals surface area contributed by atoms with E-state index in [1.54, 1.807) is 4.68 Å². The molecule has 2 rings (SSSR count). The van der Waals surface area contributed by atoms with E-state index in [0.717, 1.165) is 35.6 Å². The number of nitrogens with zero attached hydrogens (tertiary/aromatic N) is 4. The Morgan fingerprint density at radius 1 is 1.40 bits per heavy atom. The Labute approximate surface area is 116 Å². The number of unbranched alkanes of at least 4 members (excludes halogenated alkanes) is 1. The van der Waals surface area contributed by atoms with Gasteiger partial charge in [-0.15, -0.1) is 5.10 Å². The summed E-state index contributed by atoms with van der Waals surface area (Å²) in [4.78, 5) is 10.4. The molecule has 2 aromatic rings. The summed E-state index contributed by atoms with van der Waals surface area (Å²) in [6.07, 6.45) is 4.29. The van der Waals surface area contributed by atoms with E-state index in [4.69, 9.17) is 9.63 Å². The smallest absolute Gasteiger partial charge is 0.303 e. The van der Waals surface area contributed by atoms with Crippen molar-refractivity contribution in [3.8, 4) is 0 Å². The summed E-state index contributed by atoms with van der Waals surface area (Å²) in [6, 6.07) is 0. The third-order valence-corrected chi connectivity index (χ3v) is 3.16. The summed E-state index contributed by atoms with van der Waals surface area (Å²) < 4.78 is 6.86. The Morgan fingerprint density at radius 3 is 2.85 bits per heavy atom. The van der Waals surface area contributed by atoms with Crippen LogP contribution in [0.1, 0.15) is 42.0 Å². The lowest BCUT2D eigenvalue weighted by Crippen LogP contribution is -2.02. The van der Waals surface area contributed by atoms with Gasteiger partial charge < -0.3 is 9.63 Å². The molecular weight excluding hydrogens is 260 g/mol. The van der Waals surface area contributed by atoms with Crippen molar-refractivity contribution in [3.05, 3.63) is 28.9 Å². The average Bonchev–Trinajstić information content (AvgIpc) is 2.96. The van der Waals surface area contributed by atoms with E-state index in [9.17, 15) is 4.79 Å². The second-order valence-corrected chi connectivity index (χ2v) is 4.81. The topological polar surface area (TPSA) is 94.0 Å². The lowest BCUT2D eigenvalue weighted by atomic mass is 10.1. The molecule has 0 spiro atoms. The second kappa shape index (κ2) is 6.31. The highest BCUT2D eigenvalue weighted by molar-refractivity contribution is 5.66. The van der Waals surface area contributed by atoms with Crippen molar-refractivity contribution in [1.29, 1.82) is 0 Å². The van der Waals surface area contributed by atoms with Crippen LogP contribution in [0, 0.1) is 13.8 Å². The number of hydrogen-bond donors (Lipinski definition) is 1. The van der Waals surface area contributed by atoms with E-state index in [1.807, 2.05) is 20.0 Å². The molecule has 7 heteroatoms. The molecule has 108 valence electrons. The molecule has 7 nitrogen and oxygen atoms in total. The van der Waals surface area contributed by atoms with Crippen LogP contribution in [0.25, 0.3) is 0 Å². The zero-order valence-electron chi connectivity index (χ0n) is 11.7. The van der Waals surface area contributed by atoms with Crippen LogP contribution in [0.4, 0.5) is 0 Å². The van der Waals surface area contributed by atoms with Crippen LogP contribution in [-0.4, -0.2) is 31.2 Å². The summed E-state index contributed by atoms with van der Waals surface area (Å²) in [5.74, 6) is 0.0353. The molecule has 1 N–H and O–H groups in total. The normalized spacial score (nSPS) is 10.9. The summed E-state index contributed by atoms with van der Waals surface area (Å²) in [5.41, 5.74) is 2.76. The molecule has 2 aromatic heterocycles. The van der Waals surface area contributed by atoms with Crippen molar-refractivity contribution in [2.75, 3.05) is 0 Å². The first-order chi connectivity index (χ1) is 9.56. The van der Waals surface area contributed by atoms with Crippen molar-refractivity contribution in [2.24, 2.45) is 0 Å². The number of aryl methyl sites for hydroxylation is 3. The van der Waals surface area contributed by atoms with Gasteiger partial charge in [0.1, 0.15) is 5.76 Å². The van der Waals surface area contributed by atoms with Gasteiger partial charge in [0.05, 0.1) is 17.9 Å². The molecule has 0 aliphatic carbocycles. The molecule has 0 aromatic carbocycles. The van der Waals surface area contributed by atoms with Gasteiger partial charge in [0.2, 0.25) is 0 Å². The largest absolute Gasteiger partial charge is 0.481 e. The third-order valence-electron chi connectivity index (χ3n) is 3.16. The molecule has 0 aliphatic rings. The minimum absolute atomic E-state index is 0.202. The van der Waals surface area contributed by atoms with Crippen molar-refractivity contribution in [2.45, 2.75) is 46.1 Å². The number of carboxylic acid groups (broad SMARTS) is 1. The minimum atomic E-state index is -0.757. The number of aromatic nitrogens is 4. The van der Waals surface area contributed by atoms with Crippen molar-refractivity contribution in [1.82, 2.24) is 20.2 Å². The van der Waals surface area contributed by atoms with E-state index in [2.05, 4.69) is 15.5 Å². The van der Waals surface area contributed by atoms with Gasteiger partial charge in [0.15, 0.2) is 0 Å². The van der Waals surface area contributed by atoms with Gasteiger partial charge in [0, 0.05) is 18.2 Å². The van der Waals surface area contributed by atoms with Crippen LogP contribution < -0.4 is 0 Å². The number of carbonyl (C=O) groups is 1. The summed E-state index contributed by atoms with van der Waals surface area (Å²) in [5, 5.41) is 20.6. The molecule has 0 fully saturated rings. The Balaban J connectivity index is 1.88. The van der Waals surface area contributed by atoms with Crippen LogP contribution in [0.15, 0.2) is 10.7 Å². The van der Waals surface area contributed by atoms with Crippen LogP contribution in [0.5, 0.6) is 0 Å². The molecular formula is C13H18N4O3. The summed E-state index contributed by atoms with van der Waals surface area (Å²) in [7, 11) is 0. The molecule has 0 aliphatic heterocycles. The number of hydrogen-bond acceptors (Lipinski definition) is 5. The first kappa shape index (κ1) is 14.2. The number of carboxylic acids is 1. The van der Waals surface area contributed by atoms with Gasteiger partial charge in [-0.2, -0.15) is 0 Å². The first-order valence-electron chi connectivity index (χ1n) is 6.59. The molecule has 0 unspecified atom stereocenters. The highest BCUT2D eigenvalue weighted by atomic mass is 16.5. The van der Waals surface area contributed by atoms with Crippen molar-refractivity contribution < 1.29 is 14.4 Å². The zero-order chi connectivity index (χ0) is 14.5. The Kier molecular flexibility index (Phi) is 4.49. The predicted octanol–water partition coefficient (Wildman–Crippen LogP) is 1.73. The highest BCUT2D eigenvalue weighted by Gasteiger charge is 2.10. The van der Waals surface area contributed by atoms with Gasteiger partial charge in [-0.25, -0.2) is 4.68 Å². The first-order valence-corrected chi connectivity index (χ1v) is 6.59. The van der Waals surface area contributed by atoms with E-state index in [-0.39, 0.29) is 6.42 Å². The molecule has 0 saturated heterocycles. The van der Waals surface area contributed by atoms with E-state index < -0.39 is 5.97 Å².